The van der Waals surface area contributed by atoms with E-state index in [1.165, 1.54) is 44.6 Å². The number of ether oxygens (including phenoxy) is 2. The molecule has 0 fully saturated rings. The topological polar surface area (TPSA) is 119 Å². The van der Waals surface area contributed by atoms with Gasteiger partial charge in [-0.3, -0.25) is 4.79 Å². The van der Waals surface area contributed by atoms with Gasteiger partial charge in [-0.15, -0.1) is 0 Å². The van der Waals surface area contributed by atoms with Gasteiger partial charge in [-0.1, -0.05) is 46.3 Å². The van der Waals surface area contributed by atoms with Crippen LogP contribution in [0, 0.1) is 0 Å². The second-order valence-corrected chi connectivity index (χ2v) is 10.7. The number of amides is 1. The van der Waals surface area contributed by atoms with Crippen molar-refractivity contribution in [2.24, 2.45) is 0 Å². The molecule has 0 heterocycles. The Labute approximate surface area is 223 Å². The number of hydrogen-bond donors (Lipinski definition) is 1. The summed E-state index contributed by atoms with van der Waals surface area (Å²) in [4.78, 5) is 37.1. The van der Waals surface area contributed by atoms with Crippen LogP contribution < -0.4 is 5.32 Å². The number of esters is 2. The van der Waals surface area contributed by atoms with Gasteiger partial charge in [0.2, 0.25) is 15.9 Å². The van der Waals surface area contributed by atoms with E-state index in [2.05, 4.69) is 21.2 Å². The van der Waals surface area contributed by atoms with Crippen molar-refractivity contribution in [2.75, 3.05) is 32.6 Å². The lowest BCUT2D eigenvalue weighted by molar-refractivity contribution is -0.116. The molecule has 3 rings (SSSR count). The lowest BCUT2D eigenvalue weighted by Crippen LogP contribution is -2.39. The van der Waals surface area contributed by atoms with Crippen LogP contribution in [0.5, 0.6) is 0 Å². The summed E-state index contributed by atoms with van der Waals surface area (Å²) in [5.41, 5.74) is 1.05. The Morgan fingerprint density at radius 2 is 1.43 bits per heavy atom. The summed E-state index contributed by atoms with van der Waals surface area (Å²) in [6.45, 7) is -0.452. The van der Waals surface area contributed by atoms with Crippen molar-refractivity contribution in [2.45, 2.75) is 11.3 Å². The second-order valence-electron chi connectivity index (χ2n) is 7.86. The Kier molecular flexibility index (Phi) is 9.56. The number of nitrogens with one attached hydrogen (secondary N) is 1. The minimum Gasteiger partial charge on any atom is -0.465 e. The van der Waals surface area contributed by atoms with Gasteiger partial charge in [0.1, 0.15) is 0 Å². The summed E-state index contributed by atoms with van der Waals surface area (Å²) >= 11 is 3.29. The molecule has 3 aromatic rings. The highest BCUT2D eigenvalue weighted by Gasteiger charge is 2.27. The third-order valence-corrected chi connectivity index (χ3v) is 7.71. The van der Waals surface area contributed by atoms with E-state index in [0.29, 0.717) is 10.9 Å². The molecule has 0 aliphatic heterocycles. The minimum absolute atomic E-state index is 0.0177. The van der Waals surface area contributed by atoms with Gasteiger partial charge in [-0.25, -0.2) is 18.0 Å². The molecule has 0 saturated heterocycles. The van der Waals surface area contributed by atoms with Crippen LogP contribution >= 0.6 is 15.9 Å². The van der Waals surface area contributed by atoms with E-state index in [-0.39, 0.29) is 28.3 Å². The Morgan fingerprint density at radius 1 is 0.865 bits per heavy atom. The number of nitrogens with zero attached hydrogens (tertiary/aromatic N) is 1. The van der Waals surface area contributed by atoms with Crippen molar-refractivity contribution in [1.82, 2.24) is 4.31 Å². The summed E-state index contributed by atoms with van der Waals surface area (Å²) in [5, 5.41) is 2.57. The molecule has 0 unspecified atom stereocenters. The Balaban J connectivity index is 1.88. The fourth-order valence-electron chi connectivity index (χ4n) is 3.47. The molecule has 0 aromatic heterocycles. The van der Waals surface area contributed by atoms with Crippen molar-refractivity contribution in [3.63, 3.8) is 0 Å². The van der Waals surface area contributed by atoms with E-state index in [9.17, 15) is 22.8 Å². The summed E-state index contributed by atoms with van der Waals surface area (Å²) in [6.07, 6.45) is 0.383. The number of carbonyl (C=O) groups excluding carboxylic acids is 3. The quantitative estimate of drug-likeness (QED) is 0.357. The summed E-state index contributed by atoms with van der Waals surface area (Å²) in [7, 11) is -1.66. The lowest BCUT2D eigenvalue weighted by atomic mass is 10.1. The molecular weight excluding hydrogens is 564 g/mol. The van der Waals surface area contributed by atoms with Crippen LogP contribution in [0.1, 0.15) is 26.3 Å². The number of halogens is 1. The predicted octanol–water partition coefficient (Wildman–Crippen LogP) is 3.89. The Bertz CT molecular complexity index is 1340. The number of hydrogen-bond acceptors (Lipinski definition) is 7. The van der Waals surface area contributed by atoms with Crippen LogP contribution in [0.4, 0.5) is 5.69 Å². The van der Waals surface area contributed by atoms with Crippen LogP contribution in [-0.4, -0.2) is 57.9 Å². The molecule has 37 heavy (non-hydrogen) atoms. The van der Waals surface area contributed by atoms with Gasteiger partial charge < -0.3 is 14.8 Å². The van der Waals surface area contributed by atoms with Gasteiger partial charge in [0.15, 0.2) is 0 Å². The maximum atomic E-state index is 13.4. The van der Waals surface area contributed by atoms with Crippen molar-refractivity contribution < 1.29 is 32.3 Å². The molecular formula is C26H25BrN2O7S. The number of anilines is 1. The van der Waals surface area contributed by atoms with Crippen LogP contribution in [-0.2, 0) is 30.7 Å². The van der Waals surface area contributed by atoms with E-state index in [4.69, 9.17) is 9.47 Å². The fraction of sp³-hybridized carbons (Fsp3) is 0.192. The molecule has 1 amide bonds. The summed E-state index contributed by atoms with van der Waals surface area (Å²) in [5.74, 6) is -2.10. The van der Waals surface area contributed by atoms with E-state index < -0.39 is 34.4 Å². The smallest absolute Gasteiger partial charge is 0.337 e. The molecule has 0 aliphatic rings. The van der Waals surface area contributed by atoms with Crippen molar-refractivity contribution >= 4 is 49.5 Å². The van der Waals surface area contributed by atoms with Crippen LogP contribution in [0.2, 0.25) is 0 Å². The van der Waals surface area contributed by atoms with Gasteiger partial charge in [-0.05, 0) is 54.4 Å². The zero-order valence-corrected chi connectivity index (χ0v) is 22.5. The normalized spacial score (nSPS) is 11.1. The molecule has 0 aliphatic carbocycles. The largest absolute Gasteiger partial charge is 0.465 e. The van der Waals surface area contributed by atoms with E-state index >= 15 is 0 Å². The first-order valence-electron chi connectivity index (χ1n) is 11.0. The van der Waals surface area contributed by atoms with E-state index in [1.54, 1.807) is 12.1 Å². The first-order chi connectivity index (χ1) is 17.6. The number of benzene rings is 3. The third-order valence-electron chi connectivity index (χ3n) is 5.32. The molecule has 0 atom stereocenters. The van der Waals surface area contributed by atoms with E-state index in [0.717, 1.165) is 9.87 Å². The fourth-order valence-corrected chi connectivity index (χ4v) is 5.13. The predicted molar refractivity (Wildman–Crippen MR) is 141 cm³/mol. The average molecular weight is 589 g/mol. The van der Waals surface area contributed by atoms with Gasteiger partial charge in [0.25, 0.3) is 0 Å². The number of carbonyl (C=O) groups is 3. The molecule has 0 bridgehead atoms. The highest BCUT2D eigenvalue weighted by atomic mass is 79.9. The molecule has 3 aromatic carbocycles. The Hall–Kier alpha value is -3.54. The summed E-state index contributed by atoms with van der Waals surface area (Å²) < 4.78 is 38.1. The zero-order valence-electron chi connectivity index (χ0n) is 20.1. The van der Waals surface area contributed by atoms with Gasteiger partial charge in [0, 0.05) is 16.7 Å². The standard InChI is InChI=1S/C26H25BrN2O7S/c1-35-25(31)19-14-20(26(32)36-2)16-22(15-19)28-24(30)17-29(13-12-18-6-4-3-5-7-18)37(33,34)23-10-8-21(27)9-11-23/h3-11,14-16H,12-13,17H2,1-2H3,(H,28,30). The average Bonchev–Trinajstić information content (AvgIpc) is 2.90. The third kappa shape index (κ3) is 7.48. The van der Waals surface area contributed by atoms with Crippen molar-refractivity contribution in [1.29, 1.82) is 0 Å². The molecule has 0 saturated carbocycles. The van der Waals surface area contributed by atoms with Gasteiger partial charge in [0.05, 0.1) is 36.8 Å². The number of sulfonamides is 1. The van der Waals surface area contributed by atoms with Crippen LogP contribution in [0.25, 0.3) is 0 Å². The summed E-state index contributed by atoms with van der Waals surface area (Å²) in [6, 6.07) is 19.4. The lowest BCUT2D eigenvalue weighted by Gasteiger charge is -2.22. The van der Waals surface area contributed by atoms with Crippen LogP contribution in [0.3, 0.4) is 0 Å². The maximum Gasteiger partial charge on any atom is 0.337 e. The van der Waals surface area contributed by atoms with Gasteiger partial charge in [-0.2, -0.15) is 4.31 Å². The second kappa shape index (κ2) is 12.6. The highest BCUT2D eigenvalue weighted by molar-refractivity contribution is 9.10. The number of rotatable bonds is 10. The monoisotopic (exact) mass is 588 g/mol. The minimum atomic E-state index is -4.02. The maximum absolute atomic E-state index is 13.4. The number of methoxy groups -OCH3 is 2. The van der Waals surface area contributed by atoms with Crippen molar-refractivity contribution in [3.05, 3.63) is 94.0 Å². The first-order valence-corrected chi connectivity index (χ1v) is 13.3. The van der Waals surface area contributed by atoms with Crippen LogP contribution in [0.15, 0.2) is 82.2 Å². The van der Waals surface area contributed by atoms with E-state index in [1.807, 2.05) is 30.3 Å². The first kappa shape index (κ1) is 28.0. The molecule has 194 valence electrons. The SMILES string of the molecule is COC(=O)c1cc(NC(=O)CN(CCc2ccccc2)S(=O)(=O)c2ccc(Br)cc2)cc(C(=O)OC)c1. The highest BCUT2D eigenvalue weighted by Crippen LogP contribution is 2.21. The molecule has 0 radical (unpaired) electrons. The molecule has 0 spiro atoms. The molecule has 11 heteroatoms. The molecule has 1 N–H and O–H groups in total. The van der Waals surface area contributed by atoms with Gasteiger partial charge >= 0.3 is 11.9 Å². The zero-order chi connectivity index (χ0) is 27.0. The molecule has 9 nitrogen and oxygen atoms in total. The van der Waals surface area contributed by atoms with Crippen molar-refractivity contribution in [3.8, 4) is 0 Å². The Morgan fingerprint density at radius 3 is 1.97 bits per heavy atom.